The van der Waals surface area contributed by atoms with Crippen LogP contribution in [-0.2, 0) is 17.7 Å². The largest absolute Gasteiger partial charge is 0.383 e. The molecule has 0 aliphatic heterocycles. The highest BCUT2D eigenvalue weighted by atomic mass is 32.1. The van der Waals surface area contributed by atoms with Crippen molar-refractivity contribution in [2.24, 2.45) is 0 Å². The molecule has 120 valence electrons. The Kier molecular flexibility index (Phi) is 6.93. The molecule has 1 aromatic heterocycles. The number of thiazole rings is 1. The van der Waals surface area contributed by atoms with Gasteiger partial charge >= 0.3 is 0 Å². The van der Waals surface area contributed by atoms with Crippen LogP contribution in [0.5, 0.6) is 0 Å². The zero-order chi connectivity index (χ0) is 15.1. The third-order valence-electron chi connectivity index (χ3n) is 3.74. The summed E-state index contributed by atoms with van der Waals surface area (Å²) < 4.78 is 5.26. The average Bonchev–Trinajstić information content (AvgIpc) is 3.24. The van der Waals surface area contributed by atoms with Crippen molar-refractivity contribution in [3.05, 3.63) is 10.6 Å². The molecular formula is C16H29N3OS. The van der Waals surface area contributed by atoms with Crippen LogP contribution in [0.25, 0.3) is 0 Å². The second-order valence-electron chi connectivity index (χ2n) is 5.71. The fraction of sp³-hybridized carbons (Fsp3) is 0.812. The third kappa shape index (κ3) is 4.94. The Balaban J connectivity index is 2.07. The van der Waals surface area contributed by atoms with Crippen LogP contribution in [0.4, 0.5) is 5.13 Å². The van der Waals surface area contributed by atoms with Gasteiger partial charge in [0.2, 0.25) is 0 Å². The molecule has 0 aromatic carbocycles. The monoisotopic (exact) mass is 311 g/mol. The van der Waals surface area contributed by atoms with Gasteiger partial charge in [-0.05, 0) is 32.2 Å². The summed E-state index contributed by atoms with van der Waals surface area (Å²) in [6, 6.07) is 0.692. The first-order chi connectivity index (χ1) is 10.3. The first-order valence-electron chi connectivity index (χ1n) is 8.25. The Labute approximate surface area is 132 Å². The van der Waals surface area contributed by atoms with Crippen molar-refractivity contribution in [3.8, 4) is 0 Å². The zero-order valence-corrected chi connectivity index (χ0v) is 14.5. The smallest absolute Gasteiger partial charge is 0.186 e. The van der Waals surface area contributed by atoms with Crippen molar-refractivity contribution in [2.75, 3.05) is 31.7 Å². The lowest BCUT2D eigenvalue weighted by atomic mass is 10.2. The Morgan fingerprint density at radius 3 is 2.76 bits per heavy atom. The molecule has 0 radical (unpaired) electrons. The van der Waals surface area contributed by atoms with Crippen molar-refractivity contribution in [3.63, 3.8) is 0 Å². The molecule has 0 atom stereocenters. The molecule has 5 heteroatoms. The maximum absolute atomic E-state index is 5.26. The summed E-state index contributed by atoms with van der Waals surface area (Å²) in [6.45, 7) is 8.21. The van der Waals surface area contributed by atoms with Gasteiger partial charge in [0.15, 0.2) is 5.13 Å². The van der Waals surface area contributed by atoms with E-state index in [9.17, 15) is 0 Å². The lowest BCUT2D eigenvalue weighted by molar-refractivity contribution is 0.205. The molecule has 1 heterocycles. The van der Waals surface area contributed by atoms with E-state index in [0.717, 1.165) is 39.1 Å². The van der Waals surface area contributed by atoms with Crippen LogP contribution in [0.15, 0.2) is 0 Å². The van der Waals surface area contributed by atoms with E-state index in [-0.39, 0.29) is 0 Å². The number of methoxy groups -OCH3 is 1. The van der Waals surface area contributed by atoms with Crippen LogP contribution < -0.4 is 10.2 Å². The normalized spacial score (nSPS) is 14.6. The van der Waals surface area contributed by atoms with Crippen molar-refractivity contribution < 1.29 is 4.74 Å². The van der Waals surface area contributed by atoms with Gasteiger partial charge in [-0.1, -0.05) is 20.3 Å². The standard InChI is InChI=1S/C16H29N3OS/c1-4-6-14-15(12-17-9-5-2)21-16(18-14)19(10-11-20-3)13-7-8-13/h13,17H,4-12H2,1-3H3. The van der Waals surface area contributed by atoms with Gasteiger partial charge in [-0.25, -0.2) is 4.98 Å². The number of hydrogen-bond acceptors (Lipinski definition) is 5. The minimum absolute atomic E-state index is 0.692. The number of aromatic nitrogens is 1. The SMILES string of the molecule is CCCNCc1sc(N(CCOC)C2CC2)nc1CCC. The zero-order valence-electron chi connectivity index (χ0n) is 13.7. The second-order valence-corrected chi connectivity index (χ2v) is 6.77. The maximum Gasteiger partial charge on any atom is 0.186 e. The van der Waals surface area contributed by atoms with Crippen molar-refractivity contribution in [1.29, 1.82) is 0 Å². The minimum atomic E-state index is 0.692. The Morgan fingerprint density at radius 2 is 2.14 bits per heavy atom. The first-order valence-corrected chi connectivity index (χ1v) is 9.06. The van der Waals surface area contributed by atoms with E-state index in [1.165, 1.54) is 35.0 Å². The highest BCUT2D eigenvalue weighted by Crippen LogP contribution is 2.35. The second kappa shape index (κ2) is 8.71. The highest BCUT2D eigenvalue weighted by Gasteiger charge is 2.31. The van der Waals surface area contributed by atoms with E-state index in [1.54, 1.807) is 7.11 Å². The molecule has 0 saturated heterocycles. The lowest BCUT2D eigenvalue weighted by Gasteiger charge is -2.20. The van der Waals surface area contributed by atoms with Gasteiger partial charge in [0, 0.05) is 31.1 Å². The summed E-state index contributed by atoms with van der Waals surface area (Å²) in [5.74, 6) is 0. The number of ether oxygens (including phenoxy) is 1. The van der Waals surface area contributed by atoms with Crippen LogP contribution in [-0.4, -0.2) is 37.8 Å². The number of nitrogens with zero attached hydrogens (tertiary/aromatic N) is 2. The van der Waals surface area contributed by atoms with Gasteiger partial charge < -0.3 is 15.0 Å². The van der Waals surface area contributed by atoms with Gasteiger partial charge in [-0.15, -0.1) is 11.3 Å². The predicted octanol–water partition coefficient (Wildman–Crippen LogP) is 3.21. The molecule has 1 saturated carbocycles. The van der Waals surface area contributed by atoms with Crippen LogP contribution in [0, 0.1) is 0 Å². The van der Waals surface area contributed by atoms with Gasteiger partial charge in [0.05, 0.1) is 12.3 Å². The fourth-order valence-corrected chi connectivity index (χ4v) is 3.63. The quantitative estimate of drug-likeness (QED) is 0.637. The highest BCUT2D eigenvalue weighted by molar-refractivity contribution is 7.15. The number of aryl methyl sites for hydroxylation is 1. The number of anilines is 1. The minimum Gasteiger partial charge on any atom is -0.383 e. The van der Waals surface area contributed by atoms with E-state index in [4.69, 9.17) is 9.72 Å². The first kappa shape index (κ1) is 16.7. The Morgan fingerprint density at radius 1 is 1.33 bits per heavy atom. The van der Waals surface area contributed by atoms with E-state index >= 15 is 0 Å². The summed E-state index contributed by atoms with van der Waals surface area (Å²) in [6.07, 6.45) is 6.02. The molecule has 0 spiro atoms. The Bertz CT molecular complexity index is 418. The molecule has 1 aromatic rings. The predicted molar refractivity (Wildman–Crippen MR) is 90.4 cm³/mol. The molecule has 0 amide bonds. The van der Waals surface area contributed by atoms with Gasteiger partial charge in [-0.2, -0.15) is 0 Å². The van der Waals surface area contributed by atoms with Crippen molar-refractivity contribution in [2.45, 2.75) is 58.5 Å². The van der Waals surface area contributed by atoms with Crippen LogP contribution in [0.2, 0.25) is 0 Å². The molecule has 4 nitrogen and oxygen atoms in total. The third-order valence-corrected chi connectivity index (χ3v) is 4.87. The average molecular weight is 311 g/mol. The molecule has 1 aliphatic carbocycles. The van der Waals surface area contributed by atoms with Crippen LogP contribution >= 0.6 is 11.3 Å². The van der Waals surface area contributed by atoms with Gasteiger partial charge in [-0.3, -0.25) is 0 Å². The van der Waals surface area contributed by atoms with E-state index in [2.05, 4.69) is 24.1 Å². The summed E-state index contributed by atoms with van der Waals surface area (Å²) in [7, 11) is 1.77. The summed E-state index contributed by atoms with van der Waals surface area (Å²) in [4.78, 5) is 8.82. The summed E-state index contributed by atoms with van der Waals surface area (Å²) in [5.41, 5.74) is 1.30. The maximum atomic E-state index is 5.26. The Hall–Kier alpha value is -0.650. The molecule has 0 unspecified atom stereocenters. The number of hydrogen-bond donors (Lipinski definition) is 1. The van der Waals surface area contributed by atoms with E-state index < -0.39 is 0 Å². The topological polar surface area (TPSA) is 37.4 Å². The molecule has 2 rings (SSSR count). The summed E-state index contributed by atoms with van der Waals surface area (Å²) in [5, 5.41) is 4.72. The molecule has 1 fully saturated rings. The lowest BCUT2D eigenvalue weighted by Crippen LogP contribution is -2.29. The molecule has 0 bridgehead atoms. The summed E-state index contributed by atoms with van der Waals surface area (Å²) >= 11 is 1.87. The van der Waals surface area contributed by atoms with Crippen LogP contribution in [0.3, 0.4) is 0 Å². The number of nitrogens with one attached hydrogen (secondary N) is 1. The molecule has 1 N–H and O–H groups in total. The molecule has 1 aliphatic rings. The van der Waals surface area contributed by atoms with E-state index in [1.807, 2.05) is 11.3 Å². The molecular weight excluding hydrogens is 282 g/mol. The van der Waals surface area contributed by atoms with E-state index in [0.29, 0.717) is 6.04 Å². The molecule has 21 heavy (non-hydrogen) atoms. The van der Waals surface area contributed by atoms with Crippen LogP contribution in [0.1, 0.15) is 50.1 Å². The van der Waals surface area contributed by atoms with Crippen molar-refractivity contribution >= 4 is 16.5 Å². The van der Waals surface area contributed by atoms with Gasteiger partial charge in [0.25, 0.3) is 0 Å². The van der Waals surface area contributed by atoms with Gasteiger partial charge in [0.1, 0.15) is 0 Å². The fourth-order valence-electron chi connectivity index (χ4n) is 2.45. The van der Waals surface area contributed by atoms with Crippen molar-refractivity contribution in [1.82, 2.24) is 10.3 Å². The number of rotatable bonds is 11.